The molecule has 2 aliphatic rings. The highest BCUT2D eigenvalue weighted by Crippen LogP contribution is 2.51. The van der Waals surface area contributed by atoms with E-state index in [1.807, 2.05) is 27.7 Å². The van der Waals surface area contributed by atoms with Crippen LogP contribution in [0.1, 0.15) is 132 Å². The minimum atomic E-state index is -4.85. The van der Waals surface area contributed by atoms with Crippen molar-refractivity contribution in [3.8, 4) is 0 Å². The van der Waals surface area contributed by atoms with Gasteiger partial charge in [-0.15, -0.1) is 0 Å². The summed E-state index contributed by atoms with van der Waals surface area (Å²) in [6.45, 7) is 9.63. The lowest BCUT2D eigenvalue weighted by atomic mass is 9.79. The van der Waals surface area contributed by atoms with Gasteiger partial charge in [0.25, 0.3) is 23.6 Å². The molecule has 6 nitrogen and oxygen atoms in total. The molecule has 4 amide bonds. The number of hydrogen-bond donors (Lipinski definition) is 0. The van der Waals surface area contributed by atoms with Crippen LogP contribution in [0.2, 0.25) is 0 Å². The summed E-state index contributed by atoms with van der Waals surface area (Å²) in [6, 6.07) is 8.34. The number of halogens is 3. The van der Waals surface area contributed by atoms with Crippen molar-refractivity contribution in [2.75, 3.05) is 0 Å². The van der Waals surface area contributed by atoms with Gasteiger partial charge in [-0.25, -0.2) is 0 Å². The van der Waals surface area contributed by atoms with E-state index in [0.29, 0.717) is 52.8 Å². The Morgan fingerprint density at radius 2 is 1.02 bits per heavy atom. The van der Waals surface area contributed by atoms with Gasteiger partial charge in [-0.1, -0.05) is 65.5 Å². The molecular formula is C40H39F3N2O4. The number of imide groups is 2. The third kappa shape index (κ3) is 4.60. The van der Waals surface area contributed by atoms with Crippen LogP contribution in [0.5, 0.6) is 0 Å². The number of rotatable bonds is 10. The number of unbranched alkanes of at least 4 members (excludes halogenated alkanes) is 2. The van der Waals surface area contributed by atoms with Gasteiger partial charge < -0.3 is 0 Å². The highest BCUT2D eigenvalue weighted by molar-refractivity contribution is 6.42. The van der Waals surface area contributed by atoms with E-state index in [2.05, 4.69) is 0 Å². The van der Waals surface area contributed by atoms with Crippen molar-refractivity contribution >= 4 is 66.7 Å². The van der Waals surface area contributed by atoms with Crippen molar-refractivity contribution in [3.05, 3.63) is 69.8 Å². The molecule has 254 valence electrons. The number of alkyl halides is 3. The Bertz CT molecular complexity index is 2220. The number of nitrogens with zero attached hydrogens (tertiary/aromatic N) is 2. The Morgan fingerprint density at radius 3 is 1.49 bits per heavy atom. The summed E-state index contributed by atoms with van der Waals surface area (Å²) in [4.78, 5) is 58.9. The van der Waals surface area contributed by atoms with Crippen LogP contribution in [0.15, 0.2) is 36.4 Å². The molecular weight excluding hydrogens is 629 g/mol. The van der Waals surface area contributed by atoms with Crippen LogP contribution in [-0.4, -0.2) is 45.5 Å². The quantitative estimate of drug-likeness (QED) is 0.0843. The fourth-order valence-corrected chi connectivity index (χ4v) is 8.51. The normalized spacial score (nSPS) is 16.3. The predicted molar refractivity (Wildman–Crippen MR) is 186 cm³/mol. The molecule has 0 radical (unpaired) electrons. The summed E-state index contributed by atoms with van der Waals surface area (Å²) in [5, 5.41) is 2.31. The fourth-order valence-electron chi connectivity index (χ4n) is 8.51. The Balaban J connectivity index is 1.59. The minimum Gasteiger partial charge on any atom is -0.271 e. The third-order valence-corrected chi connectivity index (χ3v) is 10.9. The van der Waals surface area contributed by atoms with Gasteiger partial charge in [0.1, 0.15) is 0 Å². The van der Waals surface area contributed by atoms with Crippen molar-refractivity contribution in [2.45, 2.75) is 104 Å². The number of carbonyl (C=O) groups excluding carboxylic acids is 4. The Kier molecular flexibility index (Phi) is 7.95. The first-order chi connectivity index (χ1) is 23.4. The molecule has 2 aliphatic heterocycles. The van der Waals surface area contributed by atoms with Crippen LogP contribution in [0, 0.1) is 6.92 Å². The summed E-state index contributed by atoms with van der Waals surface area (Å²) in [5.74, 6) is -2.11. The predicted octanol–water partition coefficient (Wildman–Crippen LogP) is 10.2. The van der Waals surface area contributed by atoms with E-state index >= 15 is 13.2 Å². The molecule has 9 heteroatoms. The van der Waals surface area contributed by atoms with Gasteiger partial charge in [0.2, 0.25) is 0 Å². The van der Waals surface area contributed by atoms with Crippen LogP contribution in [0.25, 0.3) is 43.1 Å². The van der Waals surface area contributed by atoms with E-state index in [1.54, 1.807) is 25.1 Å². The first-order valence-electron chi connectivity index (χ1n) is 17.5. The lowest BCUT2D eigenvalue weighted by Gasteiger charge is -2.35. The van der Waals surface area contributed by atoms with Gasteiger partial charge in [-0.05, 0) is 89.4 Å². The Labute approximate surface area is 282 Å². The molecule has 0 aliphatic carbocycles. The summed E-state index contributed by atoms with van der Waals surface area (Å²) in [7, 11) is 0. The van der Waals surface area contributed by atoms with E-state index in [9.17, 15) is 19.2 Å². The first-order valence-corrected chi connectivity index (χ1v) is 17.5. The fraction of sp³-hybridized carbons (Fsp3) is 0.400. The van der Waals surface area contributed by atoms with Crippen LogP contribution in [0.4, 0.5) is 13.2 Å². The molecule has 0 bridgehead atoms. The summed E-state index contributed by atoms with van der Waals surface area (Å²) < 4.78 is 45.7. The molecule has 5 aromatic rings. The van der Waals surface area contributed by atoms with E-state index in [0.717, 1.165) is 31.7 Å². The van der Waals surface area contributed by atoms with Gasteiger partial charge in [0.15, 0.2) is 0 Å². The standard InChI is InChI=1S/C40H39F3N2O4/c1-6-10-12-21(8-3)44-36(46)25-16-14-23-30-20(5)18-27-33-28(39(49)45(38(27)48)22(9-4)13-11-7-2)19-29(40(41,42)43)34(35(30)33)24-15-17-26(37(44)47)32(25)31(23)24/h14-19,21-22H,6-13H2,1-5H3. The largest absolute Gasteiger partial charge is 0.417 e. The summed E-state index contributed by atoms with van der Waals surface area (Å²) >= 11 is 0. The second-order valence-electron chi connectivity index (χ2n) is 13.7. The van der Waals surface area contributed by atoms with Crippen LogP contribution in [0.3, 0.4) is 0 Å². The molecule has 49 heavy (non-hydrogen) atoms. The van der Waals surface area contributed by atoms with E-state index in [4.69, 9.17) is 0 Å². The number of aryl methyl sites for hydroxylation is 1. The molecule has 2 unspecified atom stereocenters. The zero-order chi connectivity index (χ0) is 35.1. The first kappa shape index (κ1) is 33.0. The lowest BCUT2D eigenvalue weighted by Crippen LogP contribution is -2.47. The summed E-state index contributed by atoms with van der Waals surface area (Å²) in [6.07, 6.45) is 0.841. The molecule has 0 N–H and O–H groups in total. The number of amides is 4. The van der Waals surface area contributed by atoms with E-state index < -0.39 is 41.4 Å². The molecule has 2 atom stereocenters. The molecule has 7 rings (SSSR count). The molecule has 0 saturated heterocycles. The van der Waals surface area contributed by atoms with Crippen molar-refractivity contribution in [3.63, 3.8) is 0 Å². The topological polar surface area (TPSA) is 74.8 Å². The van der Waals surface area contributed by atoms with Crippen molar-refractivity contribution in [2.24, 2.45) is 0 Å². The van der Waals surface area contributed by atoms with Crippen LogP contribution in [-0.2, 0) is 6.18 Å². The minimum absolute atomic E-state index is 0.133. The number of hydrogen-bond acceptors (Lipinski definition) is 4. The smallest absolute Gasteiger partial charge is 0.271 e. The van der Waals surface area contributed by atoms with Crippen molar-refractivity contribution < 1.29 is 32.3 Å². The zero-order valence-corrected chi connectivity index (χ0v) is 28.4. The Morgan fingerprint density at radius 1 is 0.571 bits per heavy atom. The van der Waals surface area contributed by atoms with Gasteiger partial charge in [-0.3, -0.25) is 29.0 Å². The van der Waals surface area contributed by atoms with E-state index in [-0.39, 0.29) is 49.8 Å². The second-order valence-corrected chi connectivity index (χ2v) is 13.7. The average Bonchev–Trinajstić information content (AvgIpc) is 3.07. The van der Waals surface area contributed by atoms with Gasteiger partial charge >= 0.3 is 6.18 Å². The van der Waals surface area contributed by atoms with Crippen molar-refractivity contribution in [1.82, 2.24) is 9.80 Å². The van der Waals surface area contributed by atoms with Crippen LogP contribution >= 0.6 is 0 Å². The highest BCUT2D eigenvalue weighted by Gasteiger charge is 2.43. The van der Waals surface area contributed by atoms with Crippen molar-refractivity contribution in [1.29, 1.82) is 0 Å². The number of carbonyl (C=O) groups is 4. The molecule has 0 fully saturated rings. The molecule has 5 aromatic carbocycles. The highest BCUT2D eigenvalue weighted by atomic mass is 19.4. The zero-order valence-electron chi connectivity index (χ0n) is 28.4. The molecule has 2 heterocycles. The number of fused-ring (bicyclic) bond motifs is 2. The van der Waals surface area contributed by atoms with Gasteiger partial charge in [0, 0.05) is 50.5 Å². The molecule has 0 spiro atoms. The van der Waals surface area contributed by atoms with Gasteiger partial charge in [-0.2, -0.15) is 13.2 Å². The maximum absolute atomic E-state index is 15.2. The van der Waals surface area contributed by atoms with Gasteiger partial charge in [0.05, 0.1) is 5.56 Å². The number of benzene rings is 5. The lowest BCUT2D eigenvalue weighted by molar-refractivity contribution is -0.136. The third-order valence-electron chi connectivity index (χ3n) is 10.9. The molecule has 0 aromatic heterocycles. The maximum atomic E-state index is 15.2. The average molecular weight is 669 g/mol. The van der Waals surface area contributed by atoms with E-state index in [1.165, 1.54) is 21.9 Å². The maximum Gasteiger partial charge on any atom is 0.417 e. The summed E-state index contributed by atoms with van der Waals surface area (Å²) in [5.41, 5.74) is 0.232. The molecule has 0 saturated carbocycles. The SMILES string of the molecule is CCCCC(CC)N1C(=O)c2ccc3c4c(C)cc5c6c(cc(C(F)(F)F)c(c7ccc(c2c37)C1=O)c64)C(=O)N(C(CC)CCCC)C5=O. The van der Waals surface area contributed by atoms with Crippen LogP contribution < -0.4 is 0 Å². The second kappa shape index (κ2) is 11.8. The Hall–Kier alpha value is -4.53. The monoisotopic (exact) mass is 668 g/mol.